The summed E-state index contributed by atoms with van der Waals surface area (Å²) < 4.78 is 12.8. The maximum absolute atomic E-state index is 12.8. The minimum absolute atomic E-state index is 0.0570. The van der Waals surface area contributed by atoms with Crippen LogP contribution < -0.4 is 5.32 Å². The zero-order valence-corrected chi connectivity index (χ0v) is 13.2. The number of hydrogen-bond acceptors (Lipinski definition) is 3. The molecule has 124 valence electrons. The number of likely N-dealkylation sites (tertiary alicyclic amines) is 1. The SMILES string of the molecule is CNC(=O)C1CCCCN1C(=O)CCC(=O)c1ccc(F)cc1. The van der Waals surface area contributed by atoms with Gasteiger partial charge in [0, 0.05) is 32.0 Å². The molecule has 0 radical (unpaired) electrons. The van der Waals surface area contributed by atoms with Crippen molar-refractivity contribution in [2.75, 3.05) is 13.6 Å². The fraction of sp³-hybridized carbons (Fsp3) is 0.471. The molecule has 0 aromatic heterocycles. The molecule has 1 aromatic rings. The number of ketones is 1. The molecule has 0 spiro atoms. The van der Waals surface area contributed by atoms with Crippen LogP contribution in [0.3, 0.4) is 0 Å². The molecule has 1 aromatic carbocycles. The smallest absolute Gasteiger partial charge is 0.242 e. The van der Waals surface area contributed by atoms with E-state index in [-0.39, 0.29) is 30.4 Å². The Bertz CT molecular complexity index is 586. The lowest BCUT2D eigenvalue weighted by atomic mass is 10.00. The monoisotopic (exact) mass is 320 g/mol. The van der Waals surface area contributed by atoms with Gasteiger partial charge in [-0.2, -0.15) is 0 Å². The standard InChI is InChI=1S/C17H21FN2O3/c1-19-17(23)14-4-2-3-11-20(14)16(22)10-9-15(21)12-5-7-13(18)8-6-12/h5-8,14H,2-4,9-11H2,1H3,(H,19,23). The molecule has 23 heavy (non-hydrogen) atoms. The predicted molar refractivity (Wildman–Crippen MR) is 83.4 cm³/mol. The van der Waals surface area contributed by atoms with Gasteiger partial charge in [-0.05, 0) is 43.5 Å². The number of nitrogens with zero attached hydrogens (tertiary/aromatic N) is 1. The molecular weight excluding hydrogens is 299 g/mol. The lowest BCUT2D eigenvalue weighted by molar-refractivity contribution is -0.142. The van der Waals surface area contributed by atoms with Crippen molar-refractivity contribution in [2.45, 2.75) is 38.1 Å². The van der Waals surface area contributed by atoms with Crippen LogP contribution in [0.1, 0.15) is 42.5 Å². The van der Waals surface area contributed by atoms with Gasteiger partial charge in [0.25, 0.3) is 0 Å². The molecule has 0 bridgehead atoms. The van der Waals surface area contributed by atoms with Crippen LogP contribution in [0.15, 0.2) is 24.3 Å². The highest BCUT2D eigenvalue weighted by Gasteiger charge is 2.31. The maximum Gasteiger partial charge on any atom is 0.242 e. The highest BCUT2D eigenvalue weighted by Crippen LogP contribution is 2.19. The summed E-state index contributed by atoms with van der Waals surface area (Å²) in [5.41, 5.74) is 0.390. The first-order valence-corrected chi connectivity index (χ1v) is 7.82. The van der Waals surface area contributed by atoms with Crippen molar-refractivity contribution < 1.29 is 18.8 Å². The van der Waals surface area contributed by atoms with E-state index in [0.29, 0.717) is 18.5 Å². The van der Waals surface area contributed by atoms with Crippen LogP contribution in [0.25, 0.3) is 0 Å². The van der Waals surface area contributed by atoms with Gasteiger partial charge in [0.15, 0.2) is 5.78 Å². The molecule has 0 saturated carbocycles. The second-order valence-corrected chi connectivity index (χ2v) is 5.64. The summed E-state index contributed by atoms with van der Waals surface area (Å²) >= 11 is 0. The predicted octanol–water partition coefficient (Wildman–Crippen LogP) is 1.92. The number of carbonyl (C=O) groups excluding carboxylic acids is 3. The number of rotatable bonds is 5. The third-order valence-electron chi connectivity index (χ3n) is 4.10. The van der Waals surface area contributed by atoms with Crippen molar-refractivity contribution >= 4 is 17.6 Å². The highest BCUT2D eigenvalue weighted by molar-refractivity contribution is 5.98. The van der Waals surface area contributed by atoms with Crippen LogP contribution >= 0.6 is 0 Å². The number of benzene rings is 1. The number of hydrogen-bond donors (Lipinski definition) is 1. The summed E-state index contributed by atoms with van der Waals surface area (Å²) in [4.78, 5) is 37.8. The molecular formula is C17H21FN2O3. The quantitative estimate of drug-likeness (QED) is 0.843. The van der Waals surface area contributed by atoms with Gasteiger partial charge >= 0.3 is 0 Å². The summed E-state index contributed by atoms with van der Waals surface area (Å²) in [6.07, 6.45) is 2.55. The molecule has 1 aliphatic rings. The lowest BCUT2D eigenvalue weighted by Gasteiger charge is -2.34. The second kappa shape index (κ2) is 7.85. The molecule has 2 rings (SSSR count). The van der Waals surface area contributed by atoms with Crippen molar-refractivity contribution in [1.29, 1.82) is 0 Å². The van der Waals surface area contributed by atoms with Gasteiger partial charge in [-0.25, -0.2) is 4.39 Å². The van der Waals surface area contributed by atoms with E-state index in [4.69, 9.17) is 0 Å². The van der Waals surface area contributed by atoms with Crippen molar-refractivity contribution in [3.05, 3.63) is 35.6 Å². The first-order valence-electron chi connectivity index (χ1n) is 7.82. The molecule has 1 atom stereocenters. The molecule has 0 aliphatic carbocycles. The minimum atomic E-state index is -0.442. The Morgan fingerprint density at radius 1 is 1.17 bits per heavy atom. The summed E-state index contributed by atoms with van der Waals surface area (Å²) in [5.74, 6) is -0.956. The van der Waals surface area contributed by atoms with Gasteiger partial charge in [-0.1, -0.05) is 0 Å². The first-order chi connectivity index (χ1) is 11.0. The van der Waals surface area contributed by atoms with E-state index in [1.165, 1.54) is 24.3 Å². The third-order valence-corrected chi connectivity index (χ3v) is 4.10. The summed E-state index contributed by atoms with van der Waals surface area (Å²) in [5, 5.41) is 2.58. The van der Waals surface area contributed by atoms with Crippen LogP contribution in [0, 0.1) is 5.82 Å². The molecule has 1 N–H and O–H groups in total. The van der Waals surface area contributed by atoms with Gasteiger partial charge in [0.1, 0.15) is 11.9 Å². The number of halogens is 1. The van der Waals surface area contributed by atoms with E-state index in [0.717, 1.165) is 12.8 Å². The topological polar surface area (TPSA) is 66.5 Å². The Hall–Kier alpha value is -2.24. The van der Waals surface area contributed by atoms with Crippen LogP contribution in [-0.2, 0) is 9.59 Å². The fourth-order valence-electron chi connectivity index (χ4n) is 2.81. The van der Waals surface area contributed by atoms with Crippen molar-refractivity contribution in [2.24, 2.45) is 0 Å². The van der Waals surface area contributed by atoms with Crippen LogP contribution in [-0.4, -0.2) is 42.1 Å². The average molecular weight is 320 g/mol. The Morgan fingerprint density at radius 2 is 1.87 bits per heavy atom. The van der Waals surface area contributed by atoms with Crippen molar-refractivity contribution in [1.82, 2.24) is 10.2 Å². The summed E-state index contributed by atoms with van der Waals surface area (Å²) in [6.45, 7) is 0.543. The maximum atomic E-state index is 12.8. The number of amides is 2. The molecule has 1 unspecified atom stereocenters. The van der Waals surface area contributed by atoms with E-state index < -0.39 is 11.9 Å². The number of likely N-dealkylation sites (N-methyl/N-ethyl adjacent to an activating group) is 1. The Balaban J connectivity index is 1.93. The highest BCUT2D eigenvalue weighted by atomic mass is 19.1. The summed E-state index contributed by atoms with van der Waals surface area (Å²) in [7, 11) is 1.55. The fourth-order valence-corrected chi connectivity index (χ4v) is 2.81. The molecule has 1 heterocycles. The zero-order chi connectivity index (χ0) is 16.8. The second-order valence-electron chi connectivity index (χ2n) is 5.64. The van der Waals surface area contributed by atoms with Gasteiger partial charge < -0.3 is 10.2 Å². The largest absolute Gasteiger partial charge is 0.357 e. The molecule has 1 saturated heterocycles. The molecule has 1 fully saturated rings. The van der Waals surface area contributed by atoms with Crippen molar-refractivity contribution in [3.8, 4) is 0 Å². The zero-order valence-electron chi connectivity index (χ0n) is 13.2. The van der Waals surface area contributed by atoms with Gasteiger partial charge in [-0.15, -0.1) is 0 Å². The lowest BCUT2D eigenvalue weighted by Crippen LogP contribution is -2.51. The Kier molecular flexibility index (Phi) is 5.84. The van der Waals surface area contributed by atoms with E-state index >= 15 is 0 Å². The number of Topliss-reactive ketones (excluding diaryl/α,β-unsaturated/α-hetero) is 1. The molecule has 5 nitrogen and oxygen atoms in total. The van der Waals surface area contributed by atoms with Gasteiger partial charge in [0.2, 0.25) is 11.8 Å². The molecule has 1 aliphatic heterocycles. The van der Waals surface area contributed by atoms with E-state index in [1.54, 1.807) is 11.9 Å². The third kappa shape index (κ3) is 4.37. The summed E-state index contributed by atoms with van der Waals surface area (Å²) in [6, 6.07) is 4.83. The van der Waals surface area contributed by atoms with E-state index in [9.17, 15) is 18.8 Å². The normalized spacial score (nSPS) is 17.7. The Labute approximate surface area is 134 Å². The van der Waals surface area contributed by atoms with E-state index in [1.807, 2.05) is 0 Å². The van der Waals surface area contributed by atoms with Crippen LogP contribution in [0.4, 0.5) is 4.39 Å². The van der Waals surface area contributed by atoms with Gasteiger partial charge in [-0.3, -0.25) is 14.4 Å². The average Bonchev–Trinajstić information content (AvgIpc) is 2.59. The number of nitrogens with one attached hydrogen (secondary N) is 1. The molecule has 6 heteroatoms. The Morgan fingerprint density at radius 3 is 2.52 bits per heavy atom. The van der Waals surface area contributed by atoms with E-state index in [2.05, 4.69) is 5.32 Å². The van der Waals surface area contributed by atoms with Crippen LogP contribution in [0.5, 0.6) is 0 Å². The van der Waals surface area contributed by atoms with Gasteiger partial charge in [0.05, 0.1) is 0 Å². The van der Waals surface area contributed by atoms with Crippen LogP contribution in [0.2, 0.25) is 0 Å². The first kappa shape index (κ1) is 17.1. The number of carbonyl (C=O) groups is 3. The molecule has 2 amide bonds. The number of piperidine rings is 1. The minimum Gasteiger partial charge on any atom is -0.357 e. The van der Waals surface area contributed by atoms with Crippen molar-refractivity contribution in [3.63, 3.8) is 0 Å².